The second kappa shape index (κ2) is 5.50. The molecule has 0 aliphatic rings. The van der Waals surface area contributed by atoms with Gasteiger partial charge in [0.1, 0.15) is 5.82 Å². The molecule has 21 heavy (non-hydrogen) atoms. The molecular formula is C15H10ClFN2OS. The summed E-state index contributed by atoms with van der Waals surface area (Å²) in [6, 6.07) is 11.3. The van der Waals surface area contributed by atoms with Gasteiger partial charge in [-0.25, -0.2) is 9.37 Å². The third-order valence-corrected chi connectivity index (χ3v) is 4.02. The summed E-state index contributed by atoms with van der Waals surface area (Å²) >= 11 is 7.16. The van der Waals surface area contributed by atoms with Gasteiger partial charge < -0.3 is 0 Å². The molecule has 3 rings (SSSR count). The summed E-state index contributed by atoms with van der Waals surface area (Å²) in [5.41, 5.74) is 0.929. The molecule has 0 fully saturated rings. The van der Waals surface area contributed by atoms with E-state index in [0.717, 1.165) is 0 Å². The van der Waals surface area contributed by atoms with Crippen LogP contribution in [0.15, 0.2) is 52.4 Å². The fraction of sp³-hybridized carbons (Fsp3) is 0.0667. The van der Waals surface area contributed by atoms with Crippen molar-refractivity contribution in [1.29, 1.82) is 0 Å². The topological polar surface area (TPSA) is 34.9 Å². The van der Waals surface area contributed by atoms with Crippen molar-refractivity contribution in [2.45, 2.75) is 5.16 Å². The van der Waals surface area contributed by atoms with Gasteiger partial charge in [-0.3, -0.25) is 9.36 Å². The van der Waals surface area contributed by atoms with E-state index >= 15 is 0 Å². The van der Waals surface area contributed by atoms with Crippen LogP contribution in [0.5, 0.6) is 0 Å². The number of thioether (sulfide) groups is 1. The Morgan fingerprint density at radius 2 is 2.00 bits per heavy atom. The first-order valence-electron chi connectivity index (χ1n) is 6.13. The molecule has 2 aromatic carbocycles. The van der Waals surface area contributed by atoms with Crippen LogP contribution in [0.1, 0.15) is 0 Å². The Hall–Kier alpha value is -1.85. The van der Waals surface area contributed by atoms with Gasteiger partial charge in [-0.05, 0) is 36.6 Å². The largest absolute Gasteiger partial charge is 0.268 e. The van der Waals surface area contributed by atoms with Gasteiger partial charge in [0, 0.05) is 0 Å². The van der Waals surface area contributed by atoms with Gasteiger partial charge in [-0.15, -0.1) is 0 Å². The number of nitrogens with zero attached hydrogens (tertiary/aromatic N) is 2. The lowest BCUT2D eigenvalue weighted by Gasteiger charge is -2.12. The van der Waals surface area contributed by atoms with Gasteiger partial charge in [0.05, 0.1) is 21.6 Å². The Bertz CT molecular complexity index is 894. The molecule has 0 saturated carbocycles. The molecule has 3 nitrogen and oxygen atoms in total. The van der Waals surface area contributed by atoms with Gasteiger partial charge in [0.15, 0.2) is 5.16 Å². The van der Waals surface area contributed by atoms with Crippen LogP contribution in [-0.2, 0) is 0 Å². The van der Waals surface area contributed by atoms with E-state index in [-0.39, 0.29) is 10.6 Å². The average molecular weight is 321 g/mol. The van der Waals surface area contributed by atoms with Crippen molar-refractivity contribution in [3.05, 3.63) is 63.7 Å². The lowest BCUT2D eigenvalue weighted by Crippen LogP contribution is -2.21. The lowest BCUT2D eigenvalue weighted by molar-refractivity contribution is 0.627. The Kier molecular flexibility index (Phi) is 3.69. The van der Waals surface area contributed by atoms with E-state index in [0.29, 0.717) is 21.7 Å². The molecule has 0 unspecified atom stereocenters. The maximum absolute atomic E-state index is 13.3. The zero-order chi connectivity index (χ0) is 15.0. The predicted octanol–water partition coefficient (Wildman–Crippen LogP) is 3.90. The zero-order valence-electron chi connectivity index (χ0n) is 11.0. The molecule has 6 heteroatoms. The fourth-order valence-corrected chi connectivity index (χ4v) is 2.84. The van der Waals surface area contributed by atoms with E-state index in [9.17, 15) is 9.18 Å². The van der Waals surface area contributed by atoms with Crippen LogP contribution in [0, 0.1) is 5.82 Å². The maximum atomic E-state index is 13.3. The molecule has 0 aliphatic heterocycles. The highest BCUT2D eigenvalue weighted by molar-refractivity contribution is 7.98. The van der Waals surface area contributed by atoms with Gasteiger partial charge in [-0.1, -0.05) is 35.5 Å². The molecule has 0 atom stereocenters. The third-order valence-electron chi connectivity index (χ3n) is 3.09. The highest BCUT2D eigenvalue weighted by Gasteiger charge is 2.13. The summed E-state index contributed by atoms with van der Waals surface area (Å²) in [7, 11) is 0. The monoisotopic (exact) mass is 320 g/mol. The average Bonchev–Trinajstić information content (AvgIpc) is 2.50. The Balaban J connectivity index is 2.37. The second-order valence-electron chi connectivity index (χ2n) is 4.35. The quantitative estimate of drug-likeness (QED) is 0.530. The van der Waals surface area contributed by atoms with E-state index < -0.39 is 5.82 Å². The van der Waals surface area contributed by atoms with Crippen molar-refractivity contribution >= 4 is 34.3 Å². The summed E-state index contributed by atoms with van der Waals surface area (Å²) in [6.45, 7) is 0. The van der Waals surface area contributed by atoms with Crippen LogP contribution in [0.2, 0.25) is 5.02 Å². The fourth-order valence-electron chi connectivity index (χ4n) is 2.10. The van der Waals surface area contributed by atoms with Crippen molar-refractivity contribution in [2.24, 2.45) is 0 Å². The van der Waals surface area contributed by atoms with Crippen molar-refractivity contribution in [2.75, 3.05) is 6.26 Å². The number of rotatable bonds is 2. The van der Waals surface area contributed by atoms with Crippen LogP contribution in [-0.4, -0.2) is 15.8 Å². The van der Waals surface area contributed by atoms with Crippen molar-refractivity contribution < 1.29 is 4.39 Å². The summed E-state index contributed by atoms with van der Waals surface area (Å²) in [4.78, 5) is 17.1. The lowest BCUT2D eigenvalue weighted by atomic mass is 10.2. The summed E-state index contributed by atoms with van der Waals surface area (Å²) in [5, 5.41) is 1.01. The number of benzene rings is 2. The molecule has 0 N–H and O–H groups in total. The van der Waals surface area contributed by atoms with E-state index in [1.807, 2.05) is 12.3 Å². The van der Waals surface area contributed by atoms with E-state index in [4.69, 9.17) is 11.6 Å². The van der Waals surface area contributed by atoms with Gasteiger partial charge >= 0.3 is 0 Å². The van der Waals surface area contributed by atoms with E-state index in [1.54, 1.807) is 18.2 Å². The minimum absolute atomic E-state index is 0.0281. The van der Waals surface area contributed by atoms with Gasteiger partial charge in [-0.2, -0.15) is 0 Å². The van der Waals surface area contributed by atoms with Crippen LogP contribution < -0.4 is 5.56 Å². The minimum atomic E-state index is -0.520. The van der Waals surface area contributed by atoms with E-state index in [2.05, 4.69) is 4.98 Å². The summed E-state index contributed by atoms with van der Waals surface area (Å²) in [6.07, 6.45) is 1.83. The normalized spacial score (nSPS) is 11.0. The number of fused-ring (bicyclic) bond motifs is 1. The Labute approximate surface area is 129 Å². The molecule has 0 bridgehead atoms. The van der Waals surface area contributed by atoms with Crippen molar-refractivity contribution in [3.63, 3.8) is 0 Å². The molecule has 0 spiro atoms. The van der Waals surface area contributed by atoms with Crippen molar-refractivity contribution in [1.82, 2.24) is 9.55 Å². The first-order chi connectivity index (χ1) is 10.1. The summed E-state index contributed by atoms with van der Waals surface area (Å²) < 4.78 is 14.8. The molecule has 0 saturated heterocycles. The highest BCUT2D eigenvalue weighted by atomic mass is 35.5. The number of hydrogen-bond acceptors (Lipinski definition) is 3. The highest BCUT2D eigenvalue weighted by Crippen LogP contribution is 2.22. The Morgan fingerprint density at radius 1 is 1.24 bits per heavy atom. The van der Waals surface area contributed by atoms with Gasteiger partial charge in [0.2, 0.25) is 0 Å². The van der Waals surface area contributed by atoms with Gasteiger partial charge in [0.25, 0.3) is 5.56 Å². The third kappa shape index (κ3) is 2.43. The second-order valence-corrected chi connectivity index (χ2v) is 5.54. The number of para-hydroxylation sites is 1. The molecule has 106 valence electrons. The number of halogens is 2. The molecule has 0 radical (unpaired) electrons. The first kappa shape index (κ1) is 14.1. The van der Waals surface area contributed by atoms with Crippen LogP contribution in [0.3, 0.4) is 0 Å². The predicted molar refractivity (Wildman–Crippen MR) is 84.1 cm³/mol. The van der Waals surface area contributed by atoms with Crippen LogP contribution in [0.25, 0.3) is 16.6 Å². The van der Waals surface area contributed by atoms with E-state index in [1.165, 1.54) is 34.5 Å². The smallest absolute Gasteiger partial charge is 0.266 e. The SMILES string of the molecule is CSc1nc2ccccc2c(=O)n1-c1ccc(F)c(Cl)c1. The summed E-state index contributed by atoms with van der Waals surface area (Å²) in [5.74, 6) is -0.520. The van der Waals surface area contributed by atoms with Crippen LogP contribution in [0.4, 0.5) is 4.39 Å². The number of aromatic nitrogens is 2. The molecule has 0 aliphatic carbocycles. The maximum Gasteiger partial charge on any atom is 0.266 e. The number of hydrogen-bond donors (Lipinski definition) is 0. The minimum Gasteiger partial charge on any atom is -0.268 e. The van der Waals surface area contributed by atoms with Crippen LogP contribution >= 0.6 is 23.4 Å². The zero-order valence-corrected chi connectivity index (χ0v) is 12.6. The Morgan fingerprint density at radius 3 is 2.71 bits per heavy atom. The molecule has 3 aromatic rings. The molecule has 0 amide bonds. The standard InChI is InChI=1S/C15H10ClFN2OS/c1-21-15-18-13-5-3-2-4-10(13)14(20)19(15)9-6-7-12(17)11(16)8-9/h2-8H,1H3. The molecule has 1 heterocycles. The molecular weight excluding hydrogens is 311 g/mol. The first-order valence-corrected chi connectivity index (χ1v) is 7.73. The molecule has 1 aromatic heterocycles. The van der Waals surface area contributed by atoms with Crippen molar-refractivity contribution in [3.8, 4) is 5.69 Å².